The Kier molecular flexibility index (Phi) is 5.36. The van der Waals surface area contributed by atoms with Crippen LogP contribution in [-0.4, -0.2) is 18.5 Å². The normalized spacial score (nSPS) is 10.2. The molecule has 2 rings (SSSR count). The number of halogens is 1. The van der Waals surface area contributed by atoms with Crippen LogP contribution in [0.5, 0.6) is 0 Å². The van der Waals surface area contributed by atoms with Gasteiger partial charge in [0.1, 0.15) is 4.88 Å². The molecule has 6 heteroatoms. The molecule has 0 radical (unpaired) electrons. The summed E-state index contributed by atoms with van der Waals surface area (Å²) in [6, 6.07) is 9.03. The van der Waals surface area contributed by atoms with E-state index in [2.05, 4.69) is 5.32 Å². The lowest BCUT2D eigenvalue weighted by Gasteiger charge is -2.06. The lowest BCUT2D eigenvalue weighted by molar-refractivity contribution is -0.124. The molecule has 0 fully saturated rings. The Bertz CT molecular complexity index is 654. The first-order valence-corrected chi connectivity index (χ1v) is 7.54. The van der Waals surface area contributed by atoms with Crippen LogP contribution >= 0.6 is 22.9 Å². The molecule has 0 unspecified atom stereocenters. The van der Waals surface area contributed by atoms with Gasteiger partial charge in [-0.2, -0.15) is 0 Å². The maximum Gasteiger partial charge on any atom is 0.349 e. The number of benzene rings is 1. The van der Waals surface area contributed by atoms with Gasteiger partial charge in [0.15, 0.2) is 6.61 Å². The van der Waals surface area contributed by atoms with Crippen LogP contribution in [0.15, 0.2) is 35.7 Å². The number of nitrogens with one attached hydrogen (secondary N) is 1. The van der Waals surface area contributed by atoms with E-state index >= 15 is 0 Å². The van der Waals surface area contributed by atoms with Crippen molar-refractivity contribution in [3.05, 3.63) is 56.7 Å². The third-order valence-electron chi connectivity index (χ3n) is 2.76. The summed E-state index contributed by atoms with van der Waals surface area (Å²) in [7, 11) is 0. The van der Waals surface area contributed by atoms with Crippen LogP contribution in [0.25, 0.3) is 0 Å². The maximum absolute atomic E-state index is 11.7. The summed E-state index contributed by atoms with van der Waals surface area (Å²) >= 11 is 7.15. The Morgan fingerprint density at radius 2 is 2.14 bits per heavy atom. The van der Waals surface area contributed by atoms with E-state index in [4.69, 9.17) is 16.3 Å². The number of aryl methyl sites for hydroxylation is 1. The van der Waals surface area contributed by atoms with Crippen molar-refractivity contribution in [1.82, 2.24) is 5.32 Å². The van der Waals surface area contributed by atoms with E-state index in [1.807, 2.05) is 30.5 Å². The van der Waals surface area contributed by atoms with E-state index < -0.39 is 5.97 Å². The predicted octanol–water partition coefficient (Wildman–Crippen LogP) is 3.18. The molecular weight excluding hydrogens is 310 g/mol. The average molecular weight is 324 g/mol. The molecule has 1 heterocycles. The van der Waals surface area contributed by atoms with Gasteiger partial charge in [0.2, 0.25) is 0 Å². The second kappa shape index (κ2) is 7.24. The quantitative estimate of drug-likeness (QED) is 0.860. The van der Waals surface area contributed by atoms with Crippen molar-refractivity contribution < 1.29 is 14.3 Å². The smallest absolute Gasteiger partial charge is 0.349 e. The van der Waals surface area contributed by atoms with E-state index in [0.717, 1.165) is 11.1 Å². The fourth-order valence-corrected chi connectivity index (χ4v) is 2.71. The Morgan fingerprint density at radius 3 is 2.81 bits per heavy atom. The van der Waals surface area contributed by atoms with Crippen molar-refractivity contribution in [2.75, 3.05) is 6.61 Å². The van der Waals surface area contributed by atoms with Gasteiger partial charge in [-0.3, -0.25) is 4.79 Å². The molecular formula is C15H14ClNO3S. The van der Waals surface area contributed by atoms with Gasteiger partial charge in [0, 0.05) is 11.6 Å². The first kappa shape index (κ1) is 15.5. The van der Waals surface area contributed by atoms with Crippen LogP contribution in [-0.2, 0) is 16.1 Å². The molecule has 0 aliphatic rings. The Hall–Kier alpha value is -1.85. The summed E-state index contributed by atoms with van der Waals surface area (Å²) in [5.41, 5.74) is 1.74. The molecule has 1 aromatic heterocycles. The van der Waals surface area contributed by atoms with E-state index in [9.17, 15) is 9.59 Å². The standard InChI is InChI=1S/C15H14ClNO3S/c1-10-5-6-21-14(10)15(19)20-9-13(18)17-8-11-3-2-4-12(16)7-11/h2-7H,8-9H2,1H3,(H,17,18). The molecule has 0 bridgehead atoms. The van der Waals surface area contributed by atoms with Crippen LogP contribution in [0.2, 0.25) is 5.02 Å². The second-order valence-electron chi connectivity index (χ2n) is 4.42. The fourth-order valence-electron chi connectivity index (χ4n) is 1.68. The zero-order chi connectivity index (χ0) is 15.2. The second-order valence-corrected chi connectivity index (χ2v) is 5.77. The zero-order valence-corrected chi connectivity index (χ0v) is 13.0. The lowest BCUT2D eigenvalue weighted by atomic mass is 10.2. The van der Waals surface area contributed by atoms with E-state index in [1.54, 1.807) is 12.1 Å². The molecule has 0 atom stereocenters. The molecule has 0 aliphatic heterocycles. The van der Waals surface area contributed by atoms with Gasteiger partial charge in [0.05, 0.1) is 0 Å². The summed E-state index contributed by atoms with van der Waals surface area (Å²) < 4.78 is 4.97. The van der Waals surface area contributed by atoms with Gasteiger partial charge in [-0.1, -0.05) is 23.7 Å². The van der Waals surface area contributed by atoms with Gasteiger partial charge >= 0.3 is 5.97 Å². The number of carbonyl (C=O) groups is 2. The van der Waals surface area contributed by atoms with Crippen molar-refractivity contribution in [3.63, 3.8) is 0 Å². The third-order valence-corrected chi connectivity index (χ3v) is 3.99. The number of esters is 1. The number of rotatable bonds is 5. The van der Waals surface area contributed by atoms with Crippen LogP contribution in [0.3, 0.4) is 0 Å². The van der Waals surface area contributed by atoms with Crippen molar-refractivity contribution in [3.8, 4) is 0 Å². The van der Waals surface area contributed by atoms with Crippen LogP contribution in [0.1, 0.15) is 20.8 Å². The van der Waals surface area contributed by atoms with Crippen molar-refractivity contribution in [2.45, 2.75) is 13.5 Å². The van der Waals surface area contributed by atoms with Crippen LogP contribution in [0.4, 0.5) is 0 Å². The maximum atomic E-state index is 11.7. The molecule has 1 N–H and O–H groups in total. The van der Waals surface area contributed by atoms with E-state index in [1.165, 1.54) is 11.3 Å². The predicted molar refractivity (Wildman–Crippen MR) is 82.6 cm³/mol. The highest BCUT2D eigenvalue weighted by Gasteiger charge is 2.13. The summed E-state index contributed by atoms with van der Waals surface area (Å²) in [5.74, 6) is -0.821. The molecule has 110 valence electrons. The summed E-state index contributed by atoms with van der Waals surface area (Å²) in [5, 5.41) is 5.09. The van der Waals surface area contributed by atoms with Gasteiger partial charge in [-0.15, -0.1) is 11.3 Å². The SMILES string of the molecule is Cc1ccsc1C(=O)OCC(=O)NCc1cccc(Cl)c1. The molecule has 0 spiro atoms. The largest absolute Gasteiger partial charge is 0.451 e. The van der Waals surface area contributed by atoms with E-state index in [0.29, 0.717) is 16.4 Å². The highest BCUT2D eigenvalue weighted by molar-refractivity contribution is 7.12. The third kappa shape index (κ3) is 4.58. The molecule has 0 aliphatic carbocycles. The molecule has 21 heavy (non-hydrogen) atoms. The fraction of sp³-hybridized carbons (Fsp3) is 0.200. The van der Waals surface area contributed by atoms with E-state index in [-0.39, 0.29) is 12.5 Å². The summed E-state index contributed by atoms with van der Waals surface area (Å²) in [6.45, 7) is 1.87. The highest BCUT2D eigenvalue weighted by atomic mass is 35.5. The van der Waals surface area contributed by atoms with Crippen LogP contribution < -0.4 is 5.32 Å². The number of thiophene rings is 1. The highest BCUT2D eigenvalue weighted by Crippen LogP contribution is 2.16. The Morgan fingerprint density at radius 1 is 1.33 bits per heavy atom. The molecule has 0 saturated heterocycles. The molecule has 1 amide bonds. The number of amides is 1. The lowest BCUT2D eigenvalue weighted by Crippen LogP contribution is -2.28. The molecule has 2 aromatic rings. The number of hydrogen-bond acceptors (Lipinski definition) is 4. The number of carbonyl (C=O) groups excluding carboxylic acids is 2. The first-order chi connectivity index (χ1) is 10.1. The number of ether oxygens (including phenoxy) is 1. The van der Waals surface area contributed by atoms with Gasteiger partial charge < -0.3 is 10.1 Å². The van der Waals surface area contributed by atoms with Gasteiger partial charge in [0.25, 0.3) is 5.91 Å². The monoisotopic (exact) mass is 323 g/mol. The number of hydrogen-bond donors (Lipinski definition) is 1. The topological polar surface area (TPSA) is 55.4 Å². The molecule has 0 saturated carbocycles. The Labute approximate surface area is 131 Å². The van der Waals surface area contributed by atoms with Crippen molar-refractivity contribution in [1.29, 1.82) is 0 Å². The van der Waals surface area contributed by atoms with Crippen molar-refractivity contribution >= 4 is 34.8 Å². The minimum absolute atomic E-state index is 0.295. The van der Waals surface area contributed by atoms with Crippen LogP contribution in [0, 0.1) is 6.92 Å². The average Bonchev–Trinajstić information content (AvgIpc) is 2.89. The molecule has 1 aromatic carbocycles. The van der Waals surface area contributed by atoms with Crippen molar-refractivity contribution in [2.24, 2.45) is 0 Å². The van der Waals surface area contributed by atoms with Gasteiger partial charge in [-0.25, -0.2) is 4.79 Å². The Balaban J connectivity index is 1.78. The first-order valence-electron chi connectivity index (χ1n) is 6.28. The molecule has 4 nitrogen and oxygen atoms in total. The summed E-state index contributed by atoms with van der Waals surface area (Å²) in [4.78, 5) is 23.9. The minimum Gasteiger partial charge on any atom is -0.451 e. The zero-order valence-electron chi connectivity index (χ0n) is 11.4. The van der Waals surface area contributed by atoms with Gasteiger partial charge in [-0.05, 0) is 41.6 Å². The minimum atomic E-state index is -0.472. The summed E-state index contributed by atoms with van der Waals surface area (Å²) in [6.07, 6.45) is 0.